The van der Waals surface area contributed by atoms with Crippen LogP contribution in [-0.2, 0) is 19.4 Å². The molecule has 2 aromatic heterocycles. The van der Waals surface area contributed by atoms with Gasteiger partial charge in [-0.1, -0.05) is 67.9 Å². The number of carbonyl (C=O) groups is 1. The summed E-state index contributed by atoms with van der Waals surface area (Å²) in [6, 6.07) is 20.1. The van der Waals surface area contributed by atoms with Crippen LogP contribution in [0, 0.1) is 0 Å². The summed E-state index contributed by atoms with van der Waals surface area (Å²) in [5, 5.41) is 3.04. The van der Waals surface area contributed by atoms with Crippen LogP contribution >= 0.6 is 0 Å². The number of rotatable bonds is 9. The first kappa shape index (κ1) is 22.8. The minimum atomic E-state index is -0.367. The van der Waals surface area contributed by atoms with Crippen molar-refractivity contribution in [3.05, 3.63) is 77.6 Å². The molecular formula is C29H31N5O. The summed E-state index contributed by atoms with van der Waals surface area (Å²) >= 11 is 0. The topological polar surface area (TPSA) is 99.8 Å². The number of carbonyl (C=O) groups excluding carboxylic acids is 1. The fourth-order valence-electron chi connectivity index (χ4n) is 5.07. The minimum Gasteiger partial charge on any atom is -0.382 e. The Bertz CT molecular complexity index is 1540. The van der Waals surface area contributed by atoms with Crippen molar-refractivity contribution in [1.29, 1.82) is 0 Å². The normalized spacial score (nSPS) is 11.6. The molecule has 0 aliphatic carbocycles. The number of aryl methyl sites for hydroxylation is 3. The number of imidazole rings is 1. The molecule has 35 heavy (non-hydrogen) atoms. The average Bonchev–Trinajstić information content (AvgIpc) is 3.24. The molecule has 0 fully saturated rings. The molecule has 0 atom stereocenters. The molecule has 0 saturated heterocycles. The van der Waals surface area contributed by atoms with E-state index in [4.69, 9.17) is 16.5 Å². The number of nitrogens with zero attached hydrogens (tertiary/aromatic N) is 3. The monoisotopic (exact) mass is 465 g/mol. The third-order valence-corrected chi connectivity index (χ3v) is 6.78. The van der Waals surface area contributed by atoms with Gasteiger partial charge in [-0.25, -0.2) is 9.97 Å². The van der Waals surface area contributed by atoms with E-state index in [1.165, 1.54) is 0 Å². The van der Waals surface area contributed by atoms with Gasteiger partial charge in [-0.2, -0.15) is 0 Å². The largest absolute Gasteiger partial charge is 0.382 e. The van der Waals surface area contributed by atoms with E-state index in [2.05, 4.69) is 28.6 Å². The molecule has 0 spiro atoms. The van der Waals surface area contributed by atoms with Crippen molar-refractivity contribution >= 4 is 44.4 Å². The second kappa shape index (κ2) is 9.74. The highest BCUT2D eigenvalue weighted by atomic mass is 16.1. The molecule has 6 heteroatoms. The summed E-state index contributed by atoms with van der Waals surface area (Å²) in [5.74, 6) is 1.18. The van der Waals surface area contributed by atoms with Gasteiger partial charge in [0.15, 0.2) is 5.82 Å². The maximum Gasteiger partial charge on any atom is 0.249 e. The Kier molecular flexibility index (Phi) is 6.36. The number of nitrogens with two attached hydrogens (primary N) is 2. The fourth-order valence-corrected chi connectivity index (χ4v) is 5.07. The van der Waals surface area contributed by atoms with Crippen molar-refractivity contribution in [2.24, 2.45) is 5.73 Å². The van der Waals surface area contributed by atoms with Crippen LogP contribution < -0.4 is 11.5 Å². The second-order valence-corrected chi connectivity index (χ2v) is 9.14. The van der Waals surface area contributed by atoms with Gasteiger partial charge in [0.1, 0.15) is 11.3 Å². The van der Waals surface area contributed by atoms with E-state index in [9.17, 15) is 4.79 Å². The summed E-state index contributed by atoms with van der Waals surface area (Å²) in [5.41, 5.74) is 16.5. The van der Waals surface area contributed by atoms with Gasteiger partial charge in [0.25, 0.3) is 0 Å². The third-order valence-electron chi connectivity index (χ3n) is 6.78. The molecule has 3 aromatic carbocycles. The molecular weight excluding hydrogens is 434 g/mol. The van der Waals surface area contributed by atoms with Gasteiger partial charge < -0.3 is 16.0 Å². The predicted molar refractivity (Wildman–Crippen MR) is 143 cm³/mol. The van der Waals surface area contributed by atoms with Crippen LogP contribution in [0.4, 0.5) is 5.82 Å². The molecule has 0 aliphatic heterocycles. The number of aromatic nitrogens is 3. The van der Waals surface area contributed by atoms with Crippen molar-refractivity contribution in [2.75, 3.05) is 5.73 Å². The van der Waals surface area contributed by atoms with Gasteiger partial charge in [0.05, 0.1) is 16.6 Å². The average molecular weight is 466 g/mol. The number of primary amides is 1. The summed E-state index contributed by atoms with van der Waals surface area (Å²) in [6.07, 6.45) is 5.78. The number of hydrogen-bond acceptors (Lipinski definition) is 4. The Labute approximate surface area is 205 Å². The molecule has 6 nitrogen and oxygen atoms in total. The van der Waals surface area contributed by atoms with Crippen molar-refractivity contribution in [1.82, 2.24) is 14.5 Å². The molecule has 0 aliphatic rings. The molecule has 2 heterocycles. The number of hydrogen-bond donors (Lipinski definition) is 2. The lowest BCUT2D eigenvalue weighted by Crippen LogP contribution is -2.14. The zero-order chi connectivity index (χ0) is 24.4. The van der Waals surface area contributed by atoms with E-state index < -0.39 is 0 Å². The first-order chi connectivity index (χ1) is 17.1. The van der Waals surface area contributed by atoms with E-state index in [1.54, 1.807) is 0 Å². The SMILES string of the molecule is CCCCc1nc2c(N)nc3ccccc3c2n1CCCCc1ccc2ccccc2c1C(N)=O. The van der Waals surface area contributed by atoms with Crippen LogP contribution in [0.25, 0.3) is 32.7 Å². The van der Waals surface area contributed by atoms with Crippen LogP contribution in [0.15, 0.2) is 60.7 Å². The number of para-hydroxylation sites is 1. The van der Waals surface area contributed by atoms with Crippen LogP contribution in [0.1, 0.15) is 54.4 Å². The van der Waals surface area contributed by atoms with E-state index in [1.807, 2.05) is 48.5 Å². The summed E-state index contributed by atoms with van der Waals surface area (Å²) in [6.45, 7) is 3.03. The highest BCUT2D eigenvalue weighted by Crippen LogP contribution is 2.30. The van der Waals surface area contributed by atoms with Gasteiger partial charge in [0.2, 0.25) is 5.91 Å². The van der Waals surface area contributed by atoms with E-state index in [0.717, 1.165) is 89.2 Å². The summed E-state index contributed by atoms with van der Waals surface area (Å²) < 4.78 is 2.33. The number of fused-ring (bicyclic) bond motifs is 4. The highest BCUT2D eigenvalue weighted by molar-refractivity contribution is 6.08. The molecule has 178 valence electrons. The fraction of sp³-hybridized carbons (Fsp3) is 0.276. The van der Waals surface area contributed by atoms with Crippen LogP contribution in [0.5, 0.6) is 0 Å². The third kappa shape index (κ3) is 4.32. The standard InChI is InChI=1S/C29H31N5O/c1-2-3-15-24-33-26-27(22-13-6-7-14-23(22)32-28(26)30)34(24)18-9-8-11-20-17-16-19-10-4-5-12-21(19)25(20)29(31)35/h4-7,10,12-14,16-17H,2-3,8-9,11,15,18H2,1H3,(H2,30,32)(H2,31,35). The van der Waals surface area contributed by atoms with Crippen LogP contribution in [0.2, 0.25) is 0 Å². The minimum absolute atomic E-state index is 0.367. The molecule has 0 bridgehead atoms. The van der Waals surface area contributed by atoms with Gasteiger partial charge in [-0.05, 0) is 48.1 Å². The number of amides is 1. The Morgan fingerprint density at radius 3 is 2.46 bits per heavy atom. The number of nitrogen functional groups attached to an aromatic ring is 1. The summed E-state index contributed by atoms with van der Waals surface area (Å²) in [4.78, 5) is 21.8. The quantitative estimate of drug-likeness (QED) is 0.269. The second-order valence-electron chi connectivity index (χ2n) is 9.14. The molecule has 5 rings (SSSR count). The predicted octanol–water partition coefficient (Wildman–Crippen LogP) is 5.78. The van der Waals surface area contributed by atoms with Gasteiger partial charge >= 0.3 is 0 Å². The van der Waals surface area contributed by atoms with Crippen molar-refractivity contribution < 1.29 is 4.79 Å². The maximum absolute atomic E-state index is 12.3. The van der Waals surface area contributed by atoms with Gasteiger partial charge in [-0.15, -0.1) is 0 Å². The van der Waals surface area contributed by atoms with E-state index in [0.29, 0.717) is 11.4 Å². The first-order valence-corrected chi connectivity index (χ1v) is 12.4. The molecule has 4 N–H and O–H groups in total. The number of unbranched alkanes of at least 4 members (excludes halogenated alkanes) is 2. The molecule has 0 radical (unpaired) electrons. The maximum atomic E-state index is 12.3. The molecule has 0 unspecified atom stereocenters. The smallest absolute Gasteiger partial charge is 0.249 e. The Morgan fingerprint density at radius 2 is 1.66 bits per heavy atom. The Morgan fingerprint density at radius 1 is 0.886 bits per heavy atom. The lowest BCUT2D eigenvalue weighted by molar-refractivity contribution is 0.100. The summed E-state index contributed by atoms with van der Waals surface area (Å²) in [7, 11) is 0. The van der Waals surface area contributed by atoms with Gasteiger partial charge in [-0.3, -0.25) is 4.79 Å². The Hall–Kier alpha value is -3.93. The van der Waals surface area contributed by atoms with Crippen LogP contribution in [-0.4, -0.2) is 20.4 Å². The molecule has 1 amide bonds. The molecule has 5 aromatic rings. The van der Waals surface area contributed by atoms with Crippen molar-refractivity contribution in [3.8, 4) is 0 Å². The lowest BCUT2D eigenvalue weighted by atomic mass is 9.95. The van der Waals surface area contributed by atoms with Crippen molar-refractivity contribution in [3.63, 3.8) is 0 Å². The van der Waals surface area contributed by atoms with E-state index >= 15 is 0 Å². The highest BCUT2D eigenvalue weighted by Gasteiger charge is 2.17. The molecule has 0 saturated carbocycles. The van der Waals surface area contributed by atoms with Gasteiger partial charge in [0, 0.05) is 18.4 Å². The van der Waals surface area contributed by atoms with Crippen molar-refractivity contribution in [2.45, 2.75) is 52.0 Å². The zero-order valence-corrected chi connectivity index (χ0v) is 20.1. The number of pyridine rings is 1. The zero-order valence-electron chi connectivity index (χ0n) is 20.1. The Balaban J connectivity index is 1.43. The van der Waals surface area contributed by atoms with E-state index in [-0.39, 0.29) is 5.91 Å². The number of anilines is 1. The first-order valence-electron chi connectivity index (χ1n) is 12.4. The van der Waals surface area contributed by atoms with Crippen LogP contribution in [0.3, 0.4) is 0 Å². The number of benzene rings is 3. The lowest BCUT2D eigenvalue weighted by Gasteiger charge is -2.13.